The van der Waals surface area contributed by atoms with Gasteiger partial charge in [-0.1, -0.05) is 12.1 Å². The van der Waals surface area contributed by atoms with Crippen LogP contribution in [0.5, 0.6) is 5.75 Å². The second-order valence-electron chi connectivity index (χ2n) is 6.85. The quantitative estimate of drug-likeness (QED) is 0.377. The van der Waals surface area contributed by atoms with Crippen molar-refractivity contribution in [2.24, 2.45) is 11.7 Å². The van der Waals surface area contributed by atoms with E-state index < -0.39 is 6.03 Å². The number of aryl methyl sites for hydroxylation is 3. The van der Waals surface area contributed by atoms with E-state index in [-0.39, 0.29) is 6.61 Å². The monoisotopic (exact) mass is 411 g/mol. The number of hydrogen-bond acceptors (Lipinski definition) is 6. The van der Waals surface area contributed by atoms with Gasteiger partial charge < -0.3 is 4.74 Å². The molecule has 0 aliphatic heterocycles. The van der Waals surface area contributed by atoms with Gasteiger partial charge in [-0.2, -0.15) is 0 Å². The van der Waals surface area contributed by atoms with Crippen molar-refractivity contribution in [2.75, 3.05) is 12.1 Å². The third-order valence-corrected chi connectivity index (χ3v) is 5.57. The van der Waals surface area contributed by atoms with E-state index in [1.165, 1.54) is 7.05 Å². The molecule has 0 unspecified atom stereocenters. The van der Waals surface area contributed by atoms with E-state index in [2.05, 4.69) is 11.1 Å². The van der Waals surface area contributed by atoms with Crippen molar-refractivity contribution in [2.45, 2.75) is 27.4 Å². The second kappa shape index (κ2) is 8.60. The third kappa shape index (κ3) is 4.56. The van der Waals surface area contributed by atoms with Crippen LogP contribution in [-0.4, -0.2) is 23.1 Å². The third-order valence-electron chi connectivity index (χ3n) is 4.61. The molecule has 3 rings (SSSR count). The Hall–Kier alpha value is -2.94. The van der Waals surface area contributed by atoms with E-state index in [0.717, 1.165) is 47.9 Å². The molecule has 0 saturated heterocycles. The summed E-state index contributed by atoms with van der Waals surface area (Å²) in [7, 11) is 1.45. The zero-order valence-electron chi connectivity index (χ0n) is 17.0. The van der Waals surface area contributed by atoms with Crippen molar-refractivity contribution in [3.05, 3.63) is 64.3 Å². The van der Waals surface area contributed by atoms with E-state index in [1.54, 1.807) is 17.4 Å². The molecule has 0 atom stereocenters. The van der Waals surface area contributed by atoms with Gasteiger partial charge in [-0.25, -0.2) is 26.5 Å². The summed E-state index contributed by atoms with van der Waals surface area (Å²) in [6.45, 7) is 6.23. The number of carbonyl (C=O) groups excluding carboxylic acids is 1. The van der Waals surface area contributed by atoms with Gasteiger partial charge in [-0.3, -0.25) is 5.01 Å². The number of ether oxygens (including phenoxy) is 1. The molecule has 29 heavy (non-hydrogen) atoms. The fourth-order valence-corrected chi connectivity index (χ4v) is 3.76. The normalized spacial score (nSPS) is 10.7. The predicted molar refractivity (Wildman–Crippen MR) is 117 cm³/mol. The van der Waals surface area contributed by atoms with Gasteiger partial charge in [0.2, 0.25) is 0 Å². The summed E-state index contributed by atoms with van der Waals surface area (Å²) in [5.41, 5.74) is 4.49. The average molecular weight is 412 g/mol. The highest BCUT2D eigenvalue weighted by molar-refractivity contribution is 7.15. The molecular weight excluding hydrogens is 386 g/mol. The lowest BCUT2D eigenvalue weighted by molar-refractivity contribution is 0.216. The summed E-state index contributed by atoms with van der Waals surface area (Å²) >= 11 is 1.66. The van der Waals surface area contributed by atoms with E-state index in [4.69, 9.17) is 16.4 Å². The van der Waals surface area contributed by atoms with E-state index >= 15 is 0 Å². The summed E-state index contributed by atoms with van der Waals surface area (Å²) in [6, 6.07) is 11.1. The Labute approximate surface area is 174 Å². The molecule has 0 aliphatic carbocycles. The number of nitrogens with two attached hydrogens (primary N) is 2. The first-order valence-corrected chi connectivity index (χ1v) is 9.91. The number of anilines is 1. The summed E-state index contributed by atoms with van der Waals surface area (Å²) in [5.74, 6) is 12.3. The summed E-state index contributed by atoms with van der Waals surface area (Å²) in [5, 5.41) is 3.01. The molecule has 152 valence electrons. The highest BCUT2D eigenvalue weighted by Gasteiger charge is 2.19. The van der Waals surface area contributed by atoms with Crippen molar-refractivity contribution in [3.8, 4) is 16.2 Å². The van der Waals surface area contributed by atoms with Crippen LogP contribution >= 0.6 is 11.3 Å². The first-order chi connectivity index (χ1) is 13.8. The molecule has 0 aliphatic rings. The minimum atomic E-state index is -0.516. The van der Waals surface area contributed by atoms with E-state index in [0.29, 0.717) is 5.69 Å². The number of amides is 2. The number of thiazole rings is 1. The van der Waals surface area contributed by atoms with Gasteiger partial charge in [-0.05, 0) is 61.7 Å². The second-order valence-corrected chi connectivity index (χ2v) is 8.08. The fourth-order valence-electron chi connectivity index (χ4n) is 2.98. The smallest absolute Gasteiger partial charge is 0.352 e. The molecule has 2 aromatic carbocycles. The van der Waals surface area contributed by atoms with Crippen LogP contribution in [0.4, 0.5) is 10.5 Å². The number of carbonyl (C=O) groups is 1. The Morgan fingerprint density at radius 3 is 2.52 bits per heavy atom. The SMILES string of the molecule is Cc1ncc(-c2ccc(OCc3c(C)cccc3N(N)C(=O)N(C)N)c(C)c2)s1. The highest BCUT2D eigenvalue weighted by atomic mass is 32.1. The largest absolute Gasteiger partial charge is 0.489 e. The van der Waals surface area contributed by atoms with Crippen LogP contribution in [0.3, 0.4) is 0 Å². The van der Waals surface area contributed by atoms with Gasteiger partial charge in [0.15, 0.2) is 0 Å². The molecule has 0 spiro atoms. The summed E-state index contributed by atoms with van der Waals surface area (Å²) < 4.78 is 6.08. The Balaban J connectivity index is 1.82. The lowest BCUT2D eigenvalue weighted by Gasteiger charge is -2.24. The zero-order chi connectivity index (χ0) is 21.1. The minimum absolute atomic E-state index is 0.275. The van der Waals surface area contributed by atoms with Gasteiger partial charge in [0.05, 0.1) is 15.6 Å². The molecule has 0 radical (unpaired) electrons. The van der Waals surface area contributed by atoms with E-state index in [9.17, 15) is 4.79 Å². The van der Waals surface area contributed by atoms with Crippen LogP contribution in [0.25, 0.3) is 10.4 Å². The predicted octanol–water partition coefficient (Wildman–Crippen LogP) is 3.92. The maximum atomic E-state index is 12.2. The Kier molecular flexibility index (Phi) is 6.17. The van der Waals surface area contributed by atoms with E-state index in [1.807, 2.05) is 51.2 Å². The lowest BCUT2D eigenvalue weighted by Crippen LogP contribution is -2.49. The van der Waals surface area contributed by atoms with Crippen molar-refractivity contribution in [1.29, 1.82) is 0 Å². The van der Waals surface area contributed by atoms with Gasteiger partial charge in [0, 0.05) is 18.8 Å². The Morgan fingerprint density at radius 1 is 1.14 bits per heavy atom. The number of benzene rings is 2. The van der Waals surface area contributed by atoms with Crippen molar-refractivity contribution >= 4 is 23.1 Å². The molecule has 0 saturated carbocycles. The number of aromatic nitrogens is 1. The highest BCUT2D eigenvalue weighted by Crippen LogP contribution is 2.31. The van der Waals surface area contributed by atoms with Crippen LogP contribution in [0, 0.1) is 20.8 Å². The number of nitrogens with zero attached hydrogens (tertiary/aromatic N) is 3. The first-order valence-electron chi connectivity index (χ1n) is 9.10. The molecular formula is C21H25N5O2S. The molecule has 1 aromatic heterocycles. The standard InChI is InChI=1S/C21H25N5O2S/c1-13-6-5-7-18(26(23)21(27)25(4)22)17(13)12-28-19-9-8-16(10-14(19)2)20-11-24-15(3)29-20/h5-11H,12,22-23H2,1-4H3. The molecule has 1 heterocycles. The Bertz CT molecular complexity index is 1030. The van der Waals surface area contributed by atoms with Crippen LogP contribution in [0.2, 0.25) is 0 Å². The molecule has 2 amide bonds. The number of hydrazine groups is 2. The van der Waals surface area contributed by atoms with Crippen LogP contribution in [0.1, 0.15) is 21.7 Å². The number of rotatable bonds is 5. The van der Waals surface area contributed by atoms with Crippen molar-refractivity contribution in [1.82, 2.24) is 9.99 Å². The van der Waals surface area contributed by atoms with Gasteiger partial charge in [-0.15, -0.1) is 11.3 Å². The average Bonchev–Trinajstić information content (AvgIpc) is 3.12. The topological polar surface area (TPSA) is 97.7 Å². The Morgan fingerprint density at radius 2 is 1.90 bits per heavy atom. The van der Waals surface area contributed by atoms with Crippen LogP contribution < -0.4 is 21.4 Å². The van der Waals surface area contributed by atoms with Crippen molar-refractivity contribution in [3.63, 3.8) is 0 Å². The zero-order valence-corrected chi connectivity index (χ0v) is 17.8. The van der Waals surface area contributed by atoms with Gasteiger partial charge >= 0.3 is 6.03 Å². The first kappa shape index (κ1) is 20.8. The van der Waals surface area contributed by atoms with Crippen LogP contribution in [-0.2, 0) is 6.61 Å². The fraction of sp³-hybridized carbons (Fsp3) is 0.238. The van der Waals surface area contributed by atoms with Gasteiger partial charge in [0.25, 0.3) is 0 Å². The number of hydrogen-bond donors (Lipinski definition) is 2. The summed E-state index contributed by atoms with van der Waals surface area (Å²) in [4.78, 5) is 17.6. The molecule has 7 nitrogen and oxygen atoms in total. The number of urea groups is 1. The molecule has 0 fully saturated rings. The van der Waals surface area contributed by atoms with Crippen LogP contribution in [0.15, 0.2) is 42.6 Å². The minimum Gasteiger partial charge on any atom is -0.489 e. The molecule has 3 aromatic rings. The molecule has 0 bridgehead atoms. The van der Waals surface area contributed by atoms with Crippen molar-refractivity contribution < 1.29 is 9.53 Å². The lowest BCUT2D eigenvalue weighted by atomic mass is 10.1. The molecule has 4 N–H and O–H groups in total. The maximum Gasteiger partial charge on any atom is 0.352 e. The maximum absolute atomic E-state index is 12.2. The molecule has 8 heteroatoms. The van der Waals surface area contributed by atoms with Gasteiger partial charge in [0.1, 0.15) is 12.4 Å². The summed E-state index contributed by atoms with van der Waals surface area (Å²) in [6.07, 6.45) is 1.89.